The molecule has 0 aliphatic heterocycles. The molecule has 6 heteroatoms. The number of nitrogens with zero attached hydrogens (tertiary/aromatic N) is 5. The first-order chi connectivity index (χ1) is 14.8. The van der Waals surface area contributed by atoms with Crippen molar-refractivity contribution in [2.24, 2.45) is 5.92 Å². The van der Waals surface area contributed by atoms with Gasteiger partial charge in [0.05, 0.1) is 5.69 Å². The normalized spacial score (nSPS) is 13.0. The van der Waals surface area contributed by atoms with Crippen molar-refractivity contribution in [1.29, 1.82) is 5.26 Å². The Kier molecular flexibility index (Phi) is 4.70. The van der Waals surface area contributed by atoms with E-state index in [4.69, 9.17) is 0 Å². The summed E-state index contributed by atoms with van der Waals surface area (Å²) in [6.07, 6.45) is 5.64. The van der Waals surface area contributed by atoms with Crippen LogP contribution in [0.2, 0.25) is 0 Å². The Morgan fingerprint density at radius 2 is 1.77 bits per heavy atom. The predicted octanol–water partition coefficient (Wildman–Crippen LogP) is 4.03. The van der Waals surface area contributed by atoms with Gasteiger partial charge in [-0.3, -0.25) is 4.98 Å². The number of hydrogen-bond acceptors (Lipinski definition) is 5. The van der Waals surface area contributed by atoms with Crippen molar-refractivity contribution < 1.29 is 0 Å². The minimum Gasteiger partial charge on any atom is -0.385 e. The molecule has 2 aromatic carbocycles. The van der Waals surface area contributed by atoms with Crippen LogP contribution in [0.1, 0.15) is 17.0 Å². The smallest absolute Gasteiger partial charge is 0.236 e. The summed E-state index contributed by atoms with van der Waals surface area (Å²) in [5.41, 5.74) is 5.58. The van der Waals surface area contributed by atoms with Gasteiger partial charge < -0.3 is 5.32 Å². The highest BCUT2D eigenvalue weighted by atomic mass is 15.3. The molecular formula is C24H20N6. The topological polar surface area (TPSA) is 79.4 Å². The van der Waals surface area contributed by atoms with E-state index in [1.165, 1.54) is 11.1 Å². The third-order valence-electron chi connectivity index (χ3n) is 5.47. The van der Waals surface area contributed by atoms with Crippen molar-refractivity contribution in [2.45, 2.75) is 12.8 Å². The van der Waals surface area contributed by atoms with Crippen LogP contribution in [-0.4, -0.2) is 26.3 Å². The average Bonchev–Trinajstić information content (AvgIpc) is 3.42. The van der Waals surface area contributed by atoms with Crippen LogP contribution in [0.4, 0.5) is 5.69 Å². The van der Waals surface area contributed by atoms with Gasteiger partial charge in [-0.15, -0.1) is 5.10 Å². The Labute approximate surface area is 174 Å². The van der Waals surface area contributed by atoms with E-state index in [0.29, 0.717) is 11.7 Å². The maximum Gasteiger partial charge on any atom is 0.236 e. The molecule has 4 aromatic rings. The van der Waals surface area contributed by atoms with Crippen molar-refractivity contribution in [3.8, 4) is 23.1 Å². The highest BCUT2D eigenvalue weighted by Gasteiger charge is 2.20. The number of aromatic nitrogens is 4. The molecule has 1 aliphatic rings. The second-order valence-corrected chi connectivity index (χ2v) is 7.50. The SMILES string of the molecule is N#Cc1nc(-c2cccnc2)nn1-c1ccc(NCC2Cc3ccccc3C2)cc1. The Hall–Kier alpha value is -3.98. The number of benzene rings is 2. The van der Waals surface area contributed by atoms with Gasteiger partial charge in [0.2, 0.25) is 5.82 Å². The molecular weight excluding hydrogens is 372 g/mol. The van der Waals surface area contributed by atoms with Crippen LogP contribution in [0, 0.1) is 17.2 Å². The van der Waals surface area contributed by atoms with Gasteiger partial charge in [-0.05, 0) is 66.3 Å². The molecule has 0 fully saturated rings. The fraction of sp³-hybridized carbons (Fsp3) is 0.167. The molecule has 0 atom stereocenters. The third-order valence-corrected chi connectivity index (χ3v) is 5.47. The van der Waals surface area contributed by atoms with Crippen molar-refractivity contribution >= 4 is 5.69 Å². The van der Waals surface area contributed by atoms with E-state index in [-0.39, 0.29) is 5.82 Å². The summed E-state index contributed by atoms with van der Waals surface area (Å²) >= 11 is 0. The lowest BCUT2D eigenvalue weighted by Gasteiger charge is -2.12. The quantitative estimate of drug-likeness (QED) is 0.555. The van der Waals surface area contributed by atoms with Gasteiger partial charge in [-0.25, -0.2) is 4.68 Å². The molecule has 0 amide bonds. The summed E-state index contributed by atoms with van der Waals surface area (Å²) in [4.78, 5) is 8.44. The molecule has 6 nitrogen and oxygen atoms in total. The van der Waals surface area contributed by atoms with Crippen LogP contribution in [0.3, 0.4) is 0 Å². The summed E-state index contributed by atoms with van der Waals surface area (Å²) in [6.45, 7) is 0.936. The van der Waals surface area contributed by atoms with Gasteiger partial charge >= 0.3 is 0 Å². The lowest BCUT2D eigenvalue weighted by molar-refractivity contribution is 0.593. The summed E-state index contributed by atoms with van der Waals surface area (Å²) < 4.78 is 1.57. The first-order valence-corrected chi connectivity index (χ1v) is 9.99. The maximum atomic E-state index is 9.47. The zero-order chi connectivity index (χ0) is 20.3. The third kappa shape index (κ3) is 3.53. The van der Waals surface area contributed by atoms with Crippen molar-refractivity contribution in [1.82, 2.24) is 19.7 Å². The molecule has 0 saturated carbocycles. The number of rotatable bonds is 5. The molecule has 0 spiro atoms. The monoisotopic (exact) mass is 392 g/mol. The summed E-state index contributed by atoms with van der Waals surface area (Å²) in [7, 11) is 0. The van der Waals surface area contributed by atoms with Gasteiger partial charge in [0.1, 0.15) is 6.07 Å². The van der Waals surface area contributed by atoms with E-state index in [1.54, 1.807) is 17.1 Å². The maximum absolute atomic E-state index is 9.47. The zero-order valence-electron chi connectivity index (χ0n) is 16.4. The van der Waals surface area contributed by atoms with E-state index < -0.39 is 0 Å². The van der Waals surface area contributed by atoms with E-state index in [1.807, 2.05) is 36.4 Å². The van der Waals surface area contributed by atoms with Crippen LogP contribution >= 0.6 is 0 Å². The standard InChI is InChI=1S/C24H20N6/c25-14-23-28-24(20-6-3-11-26-16-20)29-30(23)22-9-7-21(8-10-22)27-15-17-12-18-4-1-2-5-19(18)13-17/h1-11,16-17,27H,12-13,15H2. The molecule has 2 heterocycles. The summed E-state index contributed by atoms with van der Waals surface area (Å²) in [6, 6.07) is 22.5. The first-order valence-electron chi connectivity index (χ1n) is 9.99. The summed E-state index contributed by atoms with van der Waals surface area (Å²) in [5, 5.41) is 17.5. The lowest BCUT2D eigenvalue weighted by atomic mass is 10.1. The van der Waals surface area contributed by atoms with Crippen LogP contribution in [0.15, 0.2) is 73.1 Å². The molecule has 1 N–H and O–H groups in total. The minimum atomic E-state index is 0.248. The van der Waals surface area contributed by atoms with Crippen molar-refractivity contribution in [2.75, 3.05) is 11.9 Å². The molecule has 30 heavy (non-hydrogen) atoms. The highest BCUT2D eigenvalue weighted by Crippen LogP contribution is 2.27. The minimum absolute atomic E-state index is 0.248. The Morgan fingerprint density at radius 1 is 1.00 bits per heavy atom. The van der Waals surface area contributed by atoms with Gasteiger partial charge in [0.15, 0.2) is 5.82 Å². The second-order valence-electron chi connectivity index (χ2n) is 7.50. The molecule has 0 saturated heterocycles. The predicted molar refractivity (Wildman–Crippen MR) is 115 cm³/mol. The van der Waals surface area contributed by atoms with Gasteiger partial charge in [-0.2, -0.15) is 10.2 Å². The Bertz CT molecular complexity index is 1180. The molecule has 146 valence electrons. The molecule has 5 rings (SSSR count). The average molecular weight is 392 g/mol. The van der Waals surface area contributed by atoms with Crippen molar-refractivity contribution in [3.05, 3.63) is 90.0 Å². The van der Waals surface area contributed by atoms with Crippen molar-refractivity contribution in [3.63, 3.8) is 0 Å². The molecule has 0 unspecified atom stereocenters. The van der Waals surface area contributed by atoms with E-state index in [0.717, 1.165) is 36.3 Å². The molecule has 0 radical (unpaired) electrons. The van der Waals surface area contributed by atoms with Crippen LogP contribution in [0.25, 0.3) is 17.1 Å². The number of hydrogen-bond donors (Lipinski definition) is 1. The number of fused-ring (bicyclic) bond motifs is 1. The molecule has 1 aliphatic carbocycles. The fourth-order valence-electron chi connectivity index (χ4n) is 3.96. The van der Waals surface area contributed by atoms with Crippen LogP contribution < -0.4 is 5.32 Å². The van der Waals surface area contributed by atoms with Crippen LogP contribution in [-0.2, 0) is 12.8 Å². The van der Waals surface area contributed by atoms with Crippen LogP contribution in [0.5, 0.6) is 0 Å². The zero-order valence-corrected chi connectivity index (χ0v) is 16.4. The number of pyridine rings is 1. The van der Waals surface area contributed by atoms with E-state index in [9.17, 15) is 5.26 Å². The Morgan fingerprint density at radius 3 is 2.43 bits per heavy atom. The van der Waals surface area contributed by atoms with Gasteiger partial charge in [-0.1, -0.05) is 24.3 Å². The Balaban J connectivity index is 1.29. The number of nitrogens with one attached hydrogen (secondary N) is 1. The number of nitriles is 1. The fourth-order valence-corrected chi connectivity index (χ4v) is 3.96. The summed E-state index contributed by atoms with van der Waals surface area (Å²) in [5.74, 6) is 1.35. The highest BCUT2D eigenvalue weighted by molar-refractivity contribution is 5.55. The van der Waals surface area contributed by atoms with E-state index >= 15 is 0 Å². The van der Waals surface area contributed by atoms with E-state index in [2.05, 4.69) is 50.7 Å². The molecule has 2 aromatic heterocycles. The van der Waals surface area contributed by atoms with Gasteiger partial charge in [0, 0.05) is 30.2 Å². The first kappa shape index (κ1) is 18.1. The lowest BCUT2D eigenvalue weighted by Crippen LogP contribution is -2.14. The largest absolute Gasteiger partial charge is 0.385 e. The van der Waals surface area contributed by atoms with Gasteiger partial charge in [0.25, 0.3) is 0 Å². The molecule has 0 bridgehead atoms. The number of anilines is 1. The second kappa shape index (κ2) is 7.80.